The lowest BCUT2D eigenvalue weighted by molar-refractivity contribution is -0.147. The monoisotopic (exact) mass is 394 g/mol. The van der Waals surface area contributed by atoms with E-state index in [1.165, 1.54) is 0 Å². The first-order valence-electron chi connectivity index (χ1n) is 8.91. The number of carbonyl (C=O) groups excluding carboxylic acids is 2. The van der Waals surface area contributed by atoms with Crippen molar-refractivity contribution in [1.82, 2.24) is 10.6 Å². The van der Waals surface area contributed by atoms with Crippen LogP contribution in [0.4, 0.5) is 4.79 Å². The number of benzene rings is 1. The van der Waals surface area contributed by atoms with Gasteiger partial charge < -0.3 is 25.6 Å². The number of ether oxygens (including phenoxy) is 1. The molecule has 1 rings (SSSR count). The fraction of sp³-hybridized carbons (Fsp3) is 0.474. The smallest absolute Gasteiger partial charge is 0.329 e. The second-order valence-corrected chi connectivity index (χ2v) is 6.72. The van der Waals surface area contributed by atoms with E-state index in [0.717, 1.165) is 5.56 Å². The number of carboxylic acid groups (broad SMARTS) is 2. The number of hydrogen-bond donors (Lipinski definition) is 4. The lowest BCUT2D eigenvalue weighted by Gasteiger charge is -2.21. The third-order valence-corrected chi connectivity index (χ3v) is 3.77. The zero-order valence-corrected chi connectivity index (χ0v) is 15.9. The first kappa shape index (κ1) is 22.9. The Morgan fingerprint density at radius 1 is 1.00 bits per heavy atom. The highest BCUT2D eigenvalue weighted by atomic mass is 16.5. The Kier molecular flexibility index (Phi) is 9.49. The summed E-state index contributed by atoms with van der Waals surface area (Å²) in [6, 6.07) is 5.83. The number of hydrogen-bond acceptors (Lipinski definition) is 5. The van der Waals surface area contributed by atoms with Gasteiger partial charge in [0.2, 0.25) is 0 Å². The molecule has 0 aliphatic rings. The molecule has 0 aliphatic heterocycles. The number of nitrogens with one attached hydrogen (secondary N) is 2. The van der Waals surface area contributed by atoms with Gasteiger partial charge in [-0.1, -0.05) is 44.2 Å². The molecule has 0 radical (unpaired) electrons. The SMILES string of the molecule is CC(C)C[C@H](NC(=O)N[C@@H](CCC(=O)O)C(=O)O)C(=O)OCc1ccccc1. The second kappa shape index (κ2) is 11.6. The van der Waals surface area contributed by atoms with Gasteiger partial charge in [0.05, 0.1) is 0 Å². The molecule has 0 aromatic heterocycles. The third kappa shape index (κ3) is 9.02. The van der Waals surface area contributed by atoms with Crippen molar-refractivity contribution in [2.75, 3.05) is 0 Å². The molecule has 1 aromatic carbocycles. The minimum Gasteiger partial charge on any atom is -0.481 e. The minimum atomic E-state index is -1.38. The van der Waals surface area contributed by atoms with Crippen molar-refractivity contribution in [2.45, 2.75) is 51.8 Å². The molecular formula is C19H26N2O7. The van der Waals surface area contributed by atoms with Crippen LogP contribution in [0.15, 0.2) is 30.3 Å². The number of esters is 1. The summed E-state index contributed by atoms with van der Waals surface area (Å²) < 4.78 is 5.25. The molecule has 0 aliphatic carbocycles. The summed E-state index contributed by atoms with van der Waals surface area (Å²) in [6.45, 7) is 3.78. The molecule has 9 nitrogen and oxygen atoms in total. The Hall–Kier alpha value is -3.10. The van der Waals surface area contributed by atoms with E-state index in [1.807, 2.05) is 32.0 Å². The molecule has 2 amide bonds. The zero-order chi connectivity index (χ0) is 21.1. The Bertz CT molecular complexity index is 676. The maximum atomic E-state index is 12.4. The van der Waals surface area contributed by atoms with Crippen LogP contribution >= 0.6 is 0 Å². The molecule has 9 heteroatoms. The van der Waals surface area contributed by atoms with Crippen LogP contribution in [0.2, 0.25) is 0 Å². The van der Waals surface area contributed by atoms with E-state index >= 15 is 0 Å². The van der Waals surface area contributed by atoms with Crippen molar-refractivity contribution in [2.24, 2.45) is 5.92 Å². The Labute approximate surface area is 163 Å². The quantitative estimate of drug-likeness (QED) is 0.419. The van der Waals surface area contributed by atoms with Crippen LogP contribution in [0.1, 0.15) is 38.7 Å². The van der Waals surface area contributed by atoms with Crippen molar-refractivity contribution in [3.8, 4) is 0 Å². The fourth-order valence-electron chi connectivity index (χ4n) is 2.40. The summed E-state index contributed by atoms with van der Waals surface area (Å²) in [5.74, 6) is -3.10. The van der Waals surface area contributed by atoms with Crippen LogP contribution < -0.4 is 10.6 Å². The molecule has 0 bridgehead atoms. The van der Waals surface area contributed by atoms with E-state index < -0.39 is 42.4 Å². The number of amides is 2. The maximum absolute atomic E-state index is 12.4. The Morgan fingerprint density at radius 3 is 2.14 bits per heavy atom. The number of carbonyl (C=O) groups is 4. The molecular weight excluding hydrogens is 368 g/mol. The van der Waals surface area contributed by atoms with Gasteiger partial charge in [0.1, 0.15) is 18.7 Å². The molecule has 0 saturated heterocycles. The van der Waals surface area contributed by atoms with Crippen LogP contribution in [-0.4, -0.2) is 46.2 Å². The van der Waals surface area contributed by atoms with Crippen molar-refractivity contribution in [1.29, 1.82) is 0 Å². The van der Waals surface area contributed by atoms with Gasteiger partial charge in [0, 0.05) is 6.42 Å². The summed E-state index contributed by atoms with van der Waals surface area (Å²) >= 11 is 0. The van der Waals surface area contributed by atoms with Gasteiger partial charge in [-0.25, -0.2) is 14.4 Å². The molecule has 154 valence electrons. The molecule has 0 saturated carbocycles. The number of urea groups is 1. The van der Waals surface area contributed by atoms with E-state index in [0.29, 0.717) is 6.42 Å². The molecule has 0 heterocycles. The van der Waals surface area contributed by atoms with Crippen LogP contribution in [0.25, 0.3) is 0 Å². The lowest BCUT2D eigenvalue weighted by Crippen LogP contribution is -2.51. The molecule has 0 unspecified atom stereocenters. The largest absolute Gasteiger partial charge is 0.481 e. The summed E-state index contributed by atoms with van der Waals surface area (Å²) in [6.07, 6.45) is -0.384. The second-order valence-electron chi connectivity index (χ2n) is 6.72. The van der Waals surface area contributed by atoms with Crippen LogP contribution in [-0.2, 0) is 25.7 Å². The van der Waals surface area contributed by atoms with E-state index in [9.17, 15) is 19.2 Å². The van der Waals surface area contributed by atoms with E-state index in [-0.39, 0.29) is 18.9 Å². The molecule has 28 heavy (non-hydrogen) atoms. The molecule has 1 aromatic rings. The topological polar surface area (TPSA) is 142 Å². The highest BCUT2D eigenvalue weighted by molar-refractivity contribution is 5.86. The van der Waals surface area contributed by atoms with Gasteiger partial charge in [-0.2, -0.15) is 0 Å². The van der Waals surface area contributed by atoms with Crippen LogP contribution in [0, 0.1) is 5.92 Å². The highest BCUT2D eigenvalue weighted by Crippen LogP contribution is 2.09. The van der Waals surface area contributed by atoms with Gasteiger partial charge in [-0.15, -0.1) is 0 Å². The molecule has 2 atom stereocenters. The zero-order valence-electron chi connectivity index (χ0n) is 15.9. The average Bonchev–Trinajstić information content (AvgIpc) is 2.62. The average molecular weight is 394 g/mol. The summed E-state index contributed by atoms with van der Waals surface area (Å²) in [4.78, 5) is 46.3. The predicted octanol–water partition coefficient (Wildman–Crippen LogP) is 1.76. The van der Waals surface area contributed by atoms with Gasteiger partial charge in [0.25, 0.3) is 0 Å². The Morgan fingerprint density at radius 2 is 1.61 bits per heavy atom. The van der Waals surface area contributed by atoms with Gasteiger partial charge in [0.15, 0.2) is 0 Å². The Balaban J connectivity index is 2.67. The van der Waals surface area contributed by atoms with Crippen LogP contribution in [0.5, 0.6) is 0 Å². The number of aliphatic carboxylic acids is 2. The number of rotatable bonds is 11. The van der Waals surface area contributed by atoms with E-state index in [1.54, 1.807) is 12.1 Å². The van der Waals surface area contributed by atoms with E-state index in [2.05, 4.69) is 10.6 Å². The van der Waals surface area contributed by atoms with Crippen molar-refractivity contribution in [3.05, 3.63) is 35.9 Å². The van der Waals surface area contributed by atoms with Gasteiger partial charge in [-0.3, -0.25) is 4.79 Å². The van der Waals surface area contributed by atoms with Crippen molar-refractivity contribution < 1.29 is 34.1 Å². The lowest BCUT2D eigenvalue weighted by atomic mass is 10.0. The third-order valence-electron chi connectivity index (χ3n) is 3.77. The normalized spacial score (nSPS) is 12.7. The summed E-state index contributed by atoms with van der Waals surface area (Å²) in [7, 11) is 0. The minimum absolute atomic E-state index is 0.0495. The first-order chi connectivity index (χ1) is 13.2. The summed E-state index contributed by atoms with van der Waals surface area (Å²) in [5.41, 5.74) is 0.795. The standard InChI is InChI=1S/C19H26N2O7/c1-12(2)10-15(18(26)28-11-13-6-4-3-5-7-13)21-19(27)20-14(17(24)25)8-9-16(22)23/h3-7,12,14-15H,8-11H2,1-2H3,(H,22,23)(H,24,25)(H2,20,21,27)/t14-,15-/m0/s1. The first-order valence-corrected chi connectivity index (χ1v) is 8.91. The highest BCUT2D eigenvalue weighted by Gasteiger charge is 2.26. The van der Waals surface area contributed by atoms with Crippen molar-refractivity contribution in [3.63, 3.8) is 0 Å². The van der Waals surface area contributed by atoms with E-state index in [4.69, 9.17) is 14.9 Å². The van der Waals surface area contributed by atoms with Crippen LogP contribution in [0.3, 0.4) is 0 Å². The molecule has 0 spiro atoms. The predicted molar refractivity (Wildman–Crippen MR) is 99.4 cm³/mol. The summed E-state index contributed by atoms with van der Waals surface area (Å²) in [5, 5.41) is 22.4. The van der Waals surface area contributed by atoms with Gasteiger partial charge >= 0.3 is 23.9 Å². The molecule has 4 N–H and O–H groups in total. The number of carboxylic acids is 2. The maximum Gasteiger partial charge on any atom is 0.329 e. The van der Waals surface area contributed by atoms with Gasteiger partial charge in [-0.05, 0) is 24.3 Å². The fourth-order valence-corrected chi connectivity index (χ4v) is 2.40. The molecule has 0 fully saturated rings. The van der Waals surface area contributed by atoms with Crippen molar-refractivity contribution >= 4 is 23.9 Å².